The number of rotatable bonds is 7. The van der Waals surface area contributed by atoms with Crippen molar-refractivity contribution in [3.8, 4) is 11.3 Å². The lowest BCUT2D eigenvalue weighted by Gasteiger charge is -2.03. The summed E-state index contributed by atoms with van der Waals surface area (Å²) in [6.07, 6.45) is 4.09. The second kappa shape index (κ2) is 8.92. The summed E-state index contributed by atoms with van der Waals surface area (Å²) in [5.74, 6) is -0.136. The molecule has 2 aromatic heterocycles. The number of para-hydroxylation sites is 1. The number of hydrogen-bond acceptors (Lipinski definition) is 4. The molecule has 2 amide bonds. The van der Waals surface area contributed by atoms with Crippen molar-refractivity contribution in [2.75, 3.05) is 10.6 Å². The highest BCUT2D eigenvalue weighted by molar-refractivity contribution is 7.14. The van der Waals surface area contributed by atoms with Gasteiger partial charge in [0.2, 0.25) is 11.8 Å². The number of aromatic amines is 1. The minimum atomic E-state index is -0.105. The van der Waals surface area contributed by atoms with E-state index in [0.717, 1.165) is 35.3 Å². The molecule has 4 rings (SSSR count). The Bertz CT molecular complexity index is 1180. The lowest BCUT2D eigenvalue weighted by atomic mass is 10.1. The van der Waals surface area contributed by atoms with E-state index in [1.54, 1.807) is 0 Å². The zero-order chi connectivity index (χ0) is 20.9. The first-order chi connectivity index (χ1) is 14.6. The van der Waals surface area contributed by atoms with Gasteiger partial charge in [-0.2, -0.15) is 0 Å². The van der Waals surface area contributed by atoms with Gasteiger partial charge < -0.3 is 15.6 Å². The van der Waals surface area contributed by atoms with Crippen molar-refractivity contribution < 1.29 is 9.59 Å². The molecule has 0 aliphatic heterocycles. The topological polar surface area (TPSA) is 86.9 Å². The molecule has 2 heterocycles. The zero-order valence-corrected chi connectivity index (χ0v) is 17.4. The van der Waals surface area contributed by atoms with Crippen molar-refractivity contribution in [2.24, 2.45) is 0 Å². The number of H-pyrrole nitrogens is 1. The van der Waals surface area contributed by atoms with Crippen LogP contribution in [0, 0.1) is 0 Å². The second-order valence-corrected chi connectivity index (χ2v) is 7.92. The molecule has 2 aromatic carbocycles. The third-order valence-corrected chi connectivity index (χ3v) is 5.53. The van der Waals surface area contributed by atoms with Gasteiger partial charge in [-0.25, -0.2) is 4.98 Å². The van der Waals surface area contributed by atoms with Gasteiger partial charge in [-0.3, -0.25) is 9.59 Å². The minimum Gasteiger partial charge on any atom is -0.361 e. The number of thiazole rings is 1. The predicted octanol–water partition coefficient (Wildman–Crippen LogP) is 5.21. The fourth-order valence-corrected chi connectivity index (χ4v) is 4.09. The molecule has 7 heteroatoms. The van der Waals surface area contributed by atoms with Gasteiger partial charge in [0.25, 0.3) is 0 Å². The summed E-state index contributed by atoms with van der Waals surface area (Å²) in [6, 6.07) is 15.6. The molecule has 6 nitrogen and oxygen atoms in total. The number of anilines is 2. The molecule has 0 unspecified atom stereocenters. The molecule has 4 aromatic rings. The van der Waals surface area contributed by atoms with Crippen molar-refractivity contribution in [2.45, 2.75) is 26.2 Å². The van der Waals surface area contributed by atoms with E-state index in [4.69, 9.17) is 0 Å². The highest BCUT2D eigenvalue weighted by Gasteiger charge is 2.09. The first kappa shape index (κ1) is 19.8. The minimum absolute atomic E-state index is 0.0308. The normalized spacial score (nSPS) is 10.8. The molecular weight excluding hydrogens is 396 g/mol. The van der Waals surface area contributed by atoms with E-state index in [0.29, 0.717) is 11.6 Å². The van der Waals surface area contributed by atoms with E-state index >= 15 is 0 Å². The number of nitrogens with one attached hydrogen (secondary N) is 3. The molecule has 3 N–H and O–H groups in total. The lowest BCUT2D eigenvalue weighted by Crippen LogP contribution is -2.11. The van der Waals surface area contributed by atoms with Gasteiger partial charge in [-0.15, -0.1) is 11.3 Å². The second-order valence-electron chi connectivity index (χ2n) is 7.06. The van der Waals surface area contributed by atoms with E-state index in [2.05, 4.69) is 32.7 Å². The SMILES string of the molecule is CC(=O)Nc1ccc(-c2csc(NC(=O)CCCc3c[nH]c4ccccc34)n2)cc1. The highest BCUT2D eigenvalue weighted by Crippen LogP contribution is 2.26. The Morgan fingerprint density at radius 3 is 2.67 bits per heavy atom. The van der Waals surface area contributed by atoms with Crippen LogP contribution in [-0.4, -0.2) is 21.8 Å². The molecule has 0 atom stereocenters. The van der Waals surface area contributed by atoms with E-state index in [-0.39, 0.29) is 11.8 Å². The fourth-order valence-electron chi connectivity index (χ4n) is 3.35. The van der Waals surface area contributed by atoms with E-state index in [9.17, 15) is 9.59 Å². The quantitative estimate of drug-likeness (QED) is 0.385. The Morgan fingerprint density at radius 2 is 1.87 bits per heavy atom. The van der Waals surface area contributed by atoms with Crippen LogP contribution >= 0.6 is 11.3 Å². The van der Waals surface area contributed by atoms with Gasteiger partial charge in [0.1, 0.15) is 0 Å². The van der Waals surface area contributed by atoms with Gasteiger partial charge >= 0.3 is 0 Å². The number of amides is 2. The largest absolute Gasteiger partial charge is 0.361 e. The molecule has 0 radical (unpaired) electrons. The first-order valence-electron chi connectivity index (χ1n) is 9.77. The maximum Gasteiger partial charge on any atom is 0.226 e. The monoisotopic (exact) mass is 418 g/mol. The molecule has 0 spiro atoms. The zero-order valence-electron chi connectivity index (χ0n) is 16.6. The molecule has 0 aliphatic rings. The number of hydrogen-bond donors (Lipinski definition) is 3. The van der Waals surface area contributed by atoms with Crippen LogP contribution in [0.25, 0.3) is 22.2 Å². The number of nitrogens with zero attached hydrogens (tertiary/aromatic N) is 1. The maximum absolute atomic E-state index is 12.3. The molecular formula is C23H22N4O2S. The van der Waals surface area contributed by atoms with Gasteiger partial charge in [0.15, 0.2) is 5.13 Å². The Morgan fingerprint density at radius 1 is 1.07 bits per heavy atom. The summed E-state index contributed by atoms with van der Waals surface area (Å²) in [6.45, 7) is 1.48. The summed E-state index contributed by atoms with van der Waals surface area (Å²) < 4.78 is 0. The van der Waals surface area contributed by atoms with Crippen molar-refractivity contribution in [1.82, 2.24) is 9.97 Å². The molecule has 0 fully saturated rings. The van der Waals surface area contributed by atoms with Gasteiger partial charge in [-0.1, -0.05) is 30.3 Å². The summed E-state index contributed by atoms with van der Waals surface area (Å²) >= 11 is 1.40. The lowest BCUT2D eigenvalue weighted by molar-refractivity contribution is -0.116. The Hall–Kier alpha value is -3.45. The number of aryl methyl sites for hydroxylation is 1. The third kappa shape index (κ3) is 4.75. The number of carbonyl (C=O) groups excluding carboxylic acids is 2. The van der Waals surface area contributed by atoms with Crippen molar-refractivity contribution >= 4 is 44.9 Å². The van der Waals surface area contributed by atoms with Crippen LogP contribution in [0.15, 0.2) is 60.1 Å². The third-order valence-electron chi connectivity index (χ3n) is 4.78. The molecule has 0 saturated carbocycles. The summed E-state index contributed by atoms with van der Waals surface area (Å²) in [5.41, 5.74) is 4.82. The first-order valence-corrected chi connectivity index (χ1v) is 10.6. The van der Waals surface area contributed by atoms with Crippen LogP contribution in [-0.2, 0) is 16.0 Å². The molecule has 30 heavy (non-hydrogen) atoms. The Balaban J connectivity index is 1.30. The number of benzene rings is 2. The summed E-state index contributed by atoms with van der Waals surface area (Å²) in [4.78, 5) is 31.2. The molecule has 0 aliphatic carbocycles. The van der Waals surface area contributed by atoms with E-state index in [1.165, 1.54) is 29.2 Å². The van der Waals surface area contributed by atoms with Gasteiger partial charge in [-0.05, 0) is 36.6 Å². The average Bonchev–Trinajstić information content (AvgIpc) is 3.36. The molecule has 0 saturated heterocycles. The Labute approximate surface area is 178 Å². The van der Waals surface area contributed by atoms with Crippen LogP contribution in [0.1, 0.15) is 25.3 Å². The van der Waals surface area contributed by atoms with Crippen LogP contribution in [0.4, 0.5) is 10.8 Å². The summed E-state index contributed by atoms with van der Waals surface area (Å²) in [7, 11) is 0. The smallest absolute Gasteiger partial charge is 0.226 e. The molecule has 152 valence electrons. The van der Waals surface area contributed by atoms with Crippen LogP contribution in [0.5, 0.6) is 0 Å². The maximum atomic E-state index is 12.3. The van der Waals surface area contributed by atoms with E-state index < -0.39 is 0 Å². The van der Waals surface area contributed by atoms with Crippen LogP contribution in [0.2, 0.25) is 0 Å². The van der Waals surface area contributed by atoms with Crippen LogP contribution < -0.4 is 10.6 Å². The summed E-state index contributed by atoms with van der Waals surface area (Å²) in [5, 5.41) is 9.35. The highest BCUT2D eigenvalue weighted by atomic mass is 32.1. The van der Waals surface area contributed by atoms with Gasteiger partial charge in [0.05, 0.1) is 5.69 Å². The van der Waals surface area contributed by atoms with Crippen molar-refractivity contribution in [3.05, 3.63) is 65.7 Å². The van der Waals surface area contributed by atoms with E-state index in [1.807, 2.05) is 48.0 Å². The van der Waals surface area contributed by atoms with Gasteiger partial charge in [0, 0.05) is 47.1 Å². The van der Waals surface area contributed by atoms with Crippen LogP contribution in [0.3, 0.4) is 0 Å². The number of fused-ring (bicyclic) bond motifs is 1. The number of aromatic nitrogens is 2. The Kier molecular flexibility index (Phi) is 5.90. The predicted molar refractivity (Wildman–Crippen MR) is 122 cm³/mol. The standard InChI is InChI=1S/C23H22N4O2S/c1-15(28)25-18-11-9-16(10-12-18)21-14-30-23(26-21)27-22(29)8-4-5-17-13-24-20-7-3-2-6-19(17)20/h2-3,6-7,9-14,24H,4-5,8H2,1H3,(H,25,28)(H,26,27,29). The van der Waals surface area contributed by atoms with Crippen molar-refractivity contribution in [3.63, 3.8) is 0 Å². The van der Waals surface area contributed by atoms with Crippen molar-refractivity contribution in [1.29, 1.82) is 0 Å². The number of carbonyl (C=O) groups is 2. The fraction of sp³-hybridized carbons (Fsp3) is 0.174. The molecule has 0 bridgehead atoms. The average molecular weight is 419 g/mol.